The number of ether oxygens (including phenoxy) is 2. The number of benzene rings is 6. The normalized spacial score (nSPS) is 17.3. The van der Waals surface area contributed by atoms with E-state index in [4.69, 9.17) is 28.1 Å². The number of carbonyl (C=O) groups is 2. The summed E-state index contributed by atoms with van der Waals surface area (Å²) in [6.45, 7) is 0.339. The number of aromatic hydroxyl groups is 2. The number of para-hydroxylation sites is 2. The van der Waals surface area contributed by atoms with Gasteiger partial charge in [0.25, 0.3) is 0 Å². The number of nitrogens with one attached hydrogen (secondary N) is 2. The number of amides is 2. The van der Waals surface area contributed by atoms with Gasteiger partial charge in [0.2, 0.25) is 11.8 Å². The van der Waals surface area contributed by atoms with Crippen LogP contribution in [0.2, 0.25) is 0 Å². The third-order valence-corrected chi connectivity index (χ3v) is 11.1. The summed E-state index contributed by atoms with van der Waals surface area (Å²) in [5, 5.41) is 24.4. The van der Waals surface area contributed by atoms with Crippen molar-refractivity contribution in [2.45, 2.75) is 36.0 Å². The van der Waals surface area contributed by atoms with Crippen molar-refractivity contribution >= 4 is 28.9 Å². The molecule has 8 rings (SSSR count). The zero-order valence-corrected chi connectivity index (χ0v) is 34.0. The highest BCUT2D eigenvalue weighted by Crippen LogP contribution is 2.53. The van der Waals surface area contributed by atoms with Crippen molar-refractivity contribution < 1.29 is 55.6 Å². The summed E-state index contributed by atoms with van der Waals surface area (Å²) in [5.41, 5.74) is 2.49. The molecule has 0 fully saturated rings. The van der Waals surface area contributed by atoms with Crippen molar-refractivity contribution in [3.63, 3.8) is 0 Å². The van der Waals surface area contributed by atoms with Crippen molar-refractivity contribution in [3.05, 3.63) is 172 Å². The molecule has 6 aromatic carbocycles. The summed E-state index contributed by atoms with van der Waals surface area (Å²) in [5.74, 6) is 4.25. The monoisotopic (exact) mass is 889 g/mol. The van der Waals surface area contributed by atoms with Gasteiger partial charge in [-0.3, -0.25) is 9.59 Å². The molecule has 9 nitrogen and oxygen atoms in total. The number of rotatable bonds is 10. The molecular weight excluding hydrogens is 853 g/mol. The highest BCUT2D eigenvalue weighted by atomic mass is 19.4. The largest absolute Gasteiger partial charge is 0.508 e. The number of carbonyl (C=O) groups excluding carboxylic acids is 2. The number of nitrogen functional groups attached to an aromatic ring is 1. The Hall–Kier alpha value is -8.04. The maximum absolute atomic E-state index is 13.7. The lowest BCUT2D eigenvalue weighted by molar-refractivity contribution is -0.137. The standard InChI is InChI=1S/C26H20F3NO3.C24H17F3N2O3/c1-2-3-4-16-33-20-14-10-18(11-15-20)25(17-8-12-19(31)13-9-17)21-6-5-7-22(26(27,28)29)23(21)30-24(25)32;1-2-12-32-20-13-15(8-11-19(20)28)23(14-6-9-16(30)10-7-14)17-4-3-5-18(24(25,26)27)21(17)29-22(23)31/h1,5-15,31H,3-4,16H2,(H,30,32);1,3-11,13,30H,12,28H2,(H,29,31). The lowest BCUT2D eigenvalue weighted by Crippen LogP contribution is -2.37. The molecule has 0 saturated carbocycles. The number of terminal acetylenes is 2. The molecule has 0 spiro atoms. The number of hydrogen-bond donors (Lipinski definition) is 5. The predicted octanol–water partition coefficient (Wildman–Crippen LogP) is 9.78. The average Bonchev–Trinajstić information content (AvgIpc) is 3.75. The summed E-state index contributed by atoms with van der Waals surface area (Å²) in [6, 6.07) is 30.2. The molecule has 15 heteroatoms. The first kappa shape index (κ1) is 45.0. The summed E-state index contributed by atoms with van der Waals surface area (Å²) in [6.07, 6.45) is 2.44. The molecule has 0 saturated heterocycles. The van der Waals surface area contributed by atoms with Gasteiger partial charge in [0.05, 0.1) is 34.8 Å². The van der Waals surface area contributed by atoms with E-state index in [2.05, 4.69) is 22.5 Å². The van der Waals surface area contributed by atoms with Crippen LogP contribution in [0, 0.1) is 24.7 Å². The van der Waals surface area contributed by atoms with Crippen molar-refractivity contribution in [2.75, 3.05) is 29.6 Å². The van der Waals surface area contributed by atoms with Crippen LogP contribution in [-0.4, -0.2) is 35.2 Å². The Balaban J connectivity index is 0.000000194. The van der Waals surface area contributed by atoms with Gasteiger partial charge in [0, 0.05) is 17.5 Å². The first-order valence-electron chi connectivity index (χ1n) is 19.7. The van der Waals surface area contributed by atoms with Gasteiger partial charge in [-0.15, -0.1) is 18.8 Å². The minimum absolute atomic E-state index is 0.0210. The zero-order valence-electron chi connectivity index (χ0n) is 34.0. The third kappa shape index (κ3) is 8.20. The number of fused-ring (bicyclic) bond motifs is 2. The Bertz CT molecular complexity index is 2850. The van der Waals surface area contributed by atoms with E-state index in [1.807, 2.05) is 0 Å². The molecule has 65 heavy (non-hydrogen) atoms. The molecule has 0 bridgehead atoms. The van der Waals surface area contributed by atoms with Crippen LogP contribution >= 0.6 is 0 Å². The van der Waals surface area contributed by atoms with Crippen LogP contribution in [0.25, 0.3) is 0 Å². The van der Waals surface area contributed by atoms with Crippen molar-refractivity contribution in [1.29, 1.82) is 0 Å². The van der Waals surface area contributed by atoms with Crippen LogP contribution in [0.15, 0.2) is 127 Å². The van der Waals surface area contributed by atoms with Gasteiger partial charge in [-0.2, -0.15) is 26.3 Å². The molecule has 6 aromatic rings. The molecule has 6 N–H and O–H groups in total. The topological polar surface area (TPSA) is 143 Å². The van der Waals surface area contributed by atoms with Crippen molar-refractivity contribution in [1.82, 2.24) is 0 Å². The maximum Gasteiger partial charge on any atom is 0.418 e. The quantitative estimate of drug-likeness (QED) is 0.0399. The Morgan fingerprint density at radius 2 is 1.05 bits per heavy atom. The number of alkyl halides is 6. The number of hydrogen-bond acceptors (Lipinski definition) is 7. The van der Waals surface area contributed by atoms with E-state index in [1.165, 1.54) is 84.9 Å². The van der Waals surface area contributed by atoms with Gasteiger partial charge in [0.15, 0.2) is 0 Å². The molecular formula is C50H37F6N3O6. The van der Waals surface area contributed by atoms with E-state index < -0.39 is 46.1 Å². The van der Waals surface area contributed by atoms with Gasteiger partial charge >= 0.3 is 12.4 Å². The minimum Gasteiger partial charge on any atom is -0.508 e. The Labute approximate surface area is 368 Å². The molecule has 2 heterocycles. The molecule has 330 valence electrons. The second kappa shape index (κ2) is 17.6. The minimum atomic E-state index is -4.67. The van der Waals surface area contributed by atoms with Crippen LogP contribution in [0.5, 0.6) is 23.0 Å². The molecule has 0 aliphatic carbocycles. The Morgan fingerprint density at radius 3 is 1.49 bits per heavy atom. The van der Waals surface area contributed by atoms with E-state index in [0.29, 0.717) is 47.5 Å². The summed E-state index contributed by atoms with van der Waals surface area (Å²) in [4.78, 5) is 26.9. The number of phenolic OH excluding ortho intramolecular Hbond substituents is 2. The molecule has 2 aliphatic heterocycles. The fourth-order valence-electron chi connectivity index (χ4n) is 8.21. The zero-order chi connectivity index (χ0) is 46.7. The Morgan fingerprint density at radius 1 is 0.600 bits per heavy atom. The number of anilines is 3. The lowest BCUT2D eigenvalue weighted by Gasteiger charge is -2.29. The fourth-order valence-corrected chi connectivity index (χ4v) is 8.21. The van der Waals surface area contributed by atoms with Gasteiger partial charge in [0.1, 0.15) is 40.4 Å². The van der Waals surface area contributed by atoms with E-state index in [0.717, 1.165) is 12.1 Å². The smallest absolute Gasteiger partial charge is 0.418 e. The molecule has 2 amide bonds. The van der Waals surface area contributed by atoms with E-state index >= 15 is 0 Å². The fraction of sp³-hybridized carbons (Fsp3) is 0.160. The second-order valence-corrected chi connectivity index (χ2v) is 14.9. The second-order valence-electron chi connectivity index (χ2n) is 14.9. The molecule has 2 unspecified atom stereocenters. The van der Waals surface area contributed by atoms with Gasteiger partial charge < -0.3 is 36.1 Å². The van der Waals surface area contributed by atoms with E-state index in [-0.39, 0.29) is 52.0 Å². The highest BCUT2D eigenvalue weighted by molar-refractivity contribution is 6.13. The van der Waals surface area contributed by atoms with Crippen LogP contribution < -0.4 is 25.8 Å². The molecule has 2 atom stereocenters. The summed E-state index contributed by atoms with van der Waals surface area (Å²) < 4.78 is 93.3. The van der Waals surface area contributed by atoms with Gasteiger partial charge in [-0.25, -0.2) is 0 Å². The number of nitrogens with two attached hydrogens (primary N) is 1. The number of halogens is 6. The number of phenols is 2. The molecule has 0 aromatic heterocycles. The predicted molar refractivity (Wildman–Crippen MR) is 231 cm³/mol. The van der Waals surface area contributed by atoms with Crippen molar-refractivity contribution in [3.8, 4) is 47.7 Å². The van der Waals surface area contributed by atoms with Crippen LogP contribution in [-0.2, 0) is 32.8 Å². The van der Waals surface area contributed by atoms with Gasteiger partial charge in [-0.05, 0) is 89.3 Å². The maximum atomic E-state index is 13.7. The highest BCUT2D eigenvalue weighted by Gasteiger charge is 2.54. The lowest BCUT2D eigenvalue weighted by atomic mass is 9.70. The first-order valence-corrected chi connectivity index (χ1v) is 19.7. The first-order chi connectivity index (χ1) is 31.0. The van der Waals surface area contributed by atoms with Crippen LogP contribution in [0.3, 0.4) is 0 Å². The SMILES string of the molecule is C#CCCCOc1ccc(C2(c3ccc(O)cc3)C(=O)Nc3c(C(F)(F)F)cccc32)cc1.C#CCOc1cc(C2(c3ccc(O)cc3)C(=O)Nc3c(C(F)(F)F)cccc32)ccc1N. The van der Waals surface area contributed by atoms with Gasteiger partial charge in [-0.1, -0.05) is 72.7 Å². The van der Waals surface area contributed by atoms with Crippen LogP contribution in [0.4, 0.5) is 43.4 Å². The summed E-state index contributed by atoms with van der Waals surface area (Å²) >= 11 is 0. The summed E-state index contributed by atoms with van der Waals surface area (Å²) in [7, 11) is 0. The van der Waals surface area contributed by atoms with E-state index in [9.17, 15) is 46.1 Å². The van der Waals surface area contributed by atoms with Crippen molar-refractivity contribution in [2.24, 2.45) is 0 Å². The Kier molecular flexibility index (Phi) is 12.2. The average molecular weight is 890 g/mol. The molecule has 0 radical (unpaired) electrons. The molecule has 2 aliphatic rings. The third-order valence-electron chi connectivity index (χ3n) is 11.1. The van der Waals surface area contributed by atoms with E-state index in [1.54, 1.807) is 30.3 Å². The number of unbranched alkanes of at least 4 members (excludes halogenated alkanes) is 1. The van der Waals surface area contributed by atoms with Crippen LogP contribution in [0.1, 0.15) is 57.3 Å².